The van der Waals surface area contributed by atoms with Gasteiger partial charge >= 0.3 is 0 Å². The summed E-state index contributed by atoms with van der Waals surface area (Å²) in [5.74, 6) is 0.646. The maximum Gasteiger partial charge on any atom is 0.246 e. The molecule has 1 aromatic heterocycles. The van der Waals surface area contributed by atoms with Gasteiger partial charge in [0.1, 0.15) is 0 Å². The fourth-order valence-electron chi connectivity index (χ4n) is 2.83. The second-order valence-electron chi connectivity index (χ2n) is 5.07. The average molecular weight is 263 g/mol. The molecular formula is C14H17NO2S. The fourth-order valence-corrected chi connectivity index (χ4v) is 3.45. The van der Waals surface area contributed by atoms with Gasteiger partial charge in [-0.15, -0.1) is 11.3 Å². The summed E-state index contributed by atoms with van der Waals surface area (Å²) in [6.07, 6.45) is 5.28. The van der Waals surface area contributed by atoms with Gasteiger partial charge < -0.3 is 9.64 Å². The first-order valence-corrected chi connectivity index (χ1v) is 7.26. The van der Waals surface area contributed by atoms with Crippen molar-refractivity contribution in [3.8, 4) is 0 Å². The van der Waals surface area contributed by atoms with Crippen molar-refractivity contribution in [2.75, 3.05) is 13.1 Å². The van der Waals surface area contributed by atoms with Crippen molar-refractivity contribution >= 4 is 23.3 Å². The molecule has 3 nitrogen and oxygen atoms in total. The molecular weight excluding hydrogens is 246 g/mol. The summed E-state index contributed by atoms with van der Waals surface area (Å²) in [5.41, 5.74) is 0. The maximum absolute atomic E-state index is 12.0. The molecule has 2 aliphatic heterocycles. The third kappa shape index (κ3) is 2.35. The number of carbonyl (C=O) groups is 1. The van der Waals surface area contributed by atoms with Crippen molar-refractivity contribution in [3.63, 3.8) is 0 Å². The number of amides is 1. The van der Waals surface area contributed by atoms with E-state index in [4.69, 9.17) is 4.74 Å². The largest absolute Gasteiger partial charge is 0.373 e. The van der Waals surface area contributed by atoms with E-state index in [0.717, 1.165) is 24.4 Å². The highest BCUT2D eigenvalue weighted by atomic mass is 32.1. The maximum atomic E-state index is 12.0. The number of hydrogen-bond donors (Lipinski definition) is 0. The van der Waals surface area contributed by atoms with Crippen LogP contribution in [0.4, 0.5) is 0 Å². The van der Waals surface area contributed by atoms with E-state index in [-0.39, 0.29) is 12.0 Å². The molecule has 0 radical (unpaired) electrons. The number of carbonyl (C=O) groups excluding carboxylic acids is 1. The van der Waals surface area contributed by atoms with Gasteiger partial charge in [-0.1, -0.05) is 6.07 Å². The molecule has 0 spiro atoms. The van der Waals surface area contributed by atoms with E-state index in [9.17, 15) is 4.79 Å². The van der Waals surface area contributed by atoms with E-state index < -0.39 is 0 Å². The summed E-state index contributed by atoms with van der Waals surface area (Å²) in [6.45, 7) is 3.71. The number of hydrogen-bond acceptors (Lipinski definition) is 3. The van der Waals surface area contributed by atoms with Gasteiger partial charge in [-0.2, -0.15) is 0 Å². The average Bonchev–Trinajstić information content (AvgIpc) is 3.00. The molecule has 1 amide bonds. The minimum Gasteiger partial charge on any atom is -0.373 e. The molecule has 3 atom stereocenters. The first-order chi connectivity index (χ1) is 8.72. The Morgan fingerprint density at radius 3 is 3.17 bits per heavy atom. The molecule has 0 aliphatic carbocycles. The van der Waals surface area contributed by atoms with E-state index >= 15 is 0 Å². The van der Waals surface area contributed by atoms with Gasteiger partial charge in [0.15, 0.2) is 0 Å². The molecule has 2 fully saturated rings. The molecule has 4 heteroatoms. The van der Waals surface area contributed by atoms with Crippen LogP contribution in [0.1, 0.15) is 18.2 Å². The highest BCUT2D eigenvalue weighted by Crippen LogP contribution is 2.32. The number of rotatable bonds is 2. The normalized spacial score (nSPS) is 31.2. The summed E-state index contributed by atoms with van der Waals surface area (Å²) in [5, 5.41) is 2.01. The molecule has 2 aliphatic rings. The van der Waals surface area contributed by atoms with Crippen LogP contribution < -0.4 is 0 Å². The predicted molar refractivity (Wildman–Crippen MR) is 72.4 cm³/mol. The Morgan fingerprint density at radius 1 is 1.56 bits per heavy atom. The van der Waals surface area contributed by atoms with Gasteiger partial charge in [-0.05, 0) is 30.9 Å². The van der Waals surface area contributed by atoms with Gasteiger partial charge in [-0.3, -0.25) is 4.79 Å². The molecule has 96 valence electrons. The summed E-state index contributed by atoms with van der Waals surface area (Å²) in [4.78, 5) is 15.1. The Kier molecular flexibility index (Phi) is 3.22. The zero-order chi connectivity index (χ0) is 12.5. The summed E-state index contributed by atoms with van der Waals surface area (Å²) in [7, 11) is 0. The molecule has 0 unspecified atom stereocenters. The van der Waals surface area contributed by atoms with Crippen LogP contribution in [0.15, 0.2) is 23.6 Å². The van der Waals surface area contributed by atoms with Gasteiger partial charge in [0.25, 0.3) is 0 Å². The zero-order valence-electron chi connectivity index (χ0n) is 10.4. The number of fused-ring (bicyclic) bond motifs is 1. The number of ether oxygens (including phenoxy) is 1. The molecule has 0 saturated carbocycles. The zero-order valence-corrected chi connectivity index (χ0v) is 11.2. The Hall–Kier alpha value is -1.13. The number of thiophene rings is 1. The van der Waals surface area contributed by atoms with E-state index in [1.165, 1.54) is 0 Å². The Bertz CT molecular complexity index is 440. The van der Waals surface area contributed by atoms with Crippen LogP contribution in [-0.2, 0) is 9.53 Å². The lowest BCUT2D eigenvalue weighted by Gasteiger charge is -2.16. The Morgan fingerprint density at radius 2 is 2.44 bits per heavy atom. The molecule has 3 rings (SSSR count). The summed E-state index contributed by atoms with van der Waals surface area (Å²) >= 11 is 1.64. The predicted octanol–water partition coefficient (Wildman–Crippen LogP) is 2.40. The topological polar surface area (TPSA) is 29.5 Å². The lowest BCUT2D eigenvalue weighted by Crippen LogP contribution is -2.29. The minimum absolute atomic E-state index is 0.106. The highest BCUT2D eigenvalue weighted by molar-refractivity contribution is 7.10. The van der Waals surface area contributed by atoms with Crippen LogP contribution in [-0.4, -0.2) is 36.1 Å². The van der Waals surface area contributed by atoms with Crippen LogP contribution >= 0.6 is 11.3 Å². The third-order valence-corrected chi connectivity index (χ3v) is 4.51. The monoisotopic (exact) mass is 263 g/mol. The second kappa shape index (κ2) is 4.86. The fraction of sp³-hybridized carbons (Fsp3) is 0.500. The first-order valence-electron chi connectivity index (χ1n) is 6.38. The van der Waals surface area contributed by atoms with Crippen LogP contribution in [0.3, 0.4) is 0 Å². The Balaban J connectivity index is 1.59. The van der Waals surface area contributed by atoms with Crippen molar-refractivity contribution in [1.82, 2.24) is 4.90 Å². The van der Waals surface area contributed by atoms with Crippen LogP contribution in [0.5, 0.6) is 0 Å². The van der Waals surface area contributed by atoms with Crippen molar-refractivity contribution in [3.05, 3.63) is 28.5 Å². The molecule has 0 aromatic carbocycles. The lowest BCUT2D eigenvalue weighted by molar-refractivity contribution is -0.125. The van der Waals surface area contributed by atoms with Crippen LogP contribution in [0.2, 0.25) is 0 Å². The standard InChI is InChI=1S/C14H17NO2S/c1-10-7-11-8-15(9-13(11)17-10)14(16)5-4-12-3-2-6-18-12/h2-6,10-11,13H,7-9H2,1H3/b5-4+/t10-,11+,13-/m1/s1. The smallest absolute Gasteiger partial charge is 0.246 e. The highest BCUT2D eigenvalue weighted by Gasteiger charge is 2.41. The second-order valence-corrected chi connectivity index (χ2v) is 6.05. The number of nitrogens with zero attached hydrogens (tertiary/aromatic N) is 1. The van der Waals surface area contributed by atoms with E-state index in [2.05, 4.69) is 6.92 Å². The van der Waals surface area contributed by atoms with E-state index in [1.54, 1.807) is 17.4 Å². The lowest BCUT2D eigenvalue weighted by atomic mass is 10.0. The molecule has 1 aromatic rings. The van der Waals surface area contributed by atoms with Crippen molar-refractivity contribution < 1.29 is 9.53 Å². The SMILES string of the molecule is C[C@@H]1C[C@H]2CN(C(=O)/C=C/c3cccs3)C[C@H]2O1. The van der Waals surface area contributed by atoms with Gasteiger partial charge in [0.2, 0.25) is 5.91 Å². The van der Waals surface area contributed by atoms with Gasteiger partial charge in [-0.25, -0.2) is 0 Å². The summed E-state index contributed by atoms with van der Waals surface area (Å²) < 4.78 is 5.80. The molecule has 18 heavy (non-hydrogen) atoms. The van der Waals surface area contributed by atoms with Crippen LogP contribution in [0.25, 0.3) is 6.08 Å². The number of likely N-dealkylation sites (tertiary alicyclic amines) is 1. The minimum atomic E-state index is 0.106. The van der Waals surface area contributed by atoms with Crippen molar-refractivity contribution in [1.29, 1.82) is 0 Å². The Labute approximate surface area is 111 Å². The molecule has 3 heterocycles. The van der Waals surface area contributed by atoms with Crippen LogP contribution in [0, 0.1) is 5.92 Å². The first kappa shape index (κ1) is 11.9. The van der Waals surface area contributed by atoms with Gasteiger partial charge in [0.05, 0.1) is 12.2 Å². The van der Waals surface area contributed by atoms with Crippen molar-refractivity contribution in [2.24, 2.45) is 5.92 Å². The van der Waals surface area contributed by atoms with Crippen molar-refractivity contribution in [2.45, 2.75) is 25.6 Å². The quantitative estimate of drug-likeness (QED) is 0.767. The molecule has 0 bridgehead atoms. The third-order valence-electron chi connectivity index (χ3n) is 3.67. The molecule has 2 saturated heterocycles. The molecule has 0 N–H and O–H groups in total. The van der Waals surface area contributed by atoms with E-state index in [0.29, 0.717) is 12.0 Å². The van der Waals surface area contributed by atoms with E-state index in [1.807, 2.05) is 28.5 Å². The van der Waals surface area contributed by atoms with Gasteiger partial charge in [0, 0.05) is 30.0 Å². The summed E-state index contributed by atoms with van der Waals surface area (Å²) in [6, 6.07) is 4.00.